The van der Waals surface area contributed by atoms with E-state index < -0.39 is 5.97 Å². The number of ketones is 1. The monoisotopic (exact) mass is 388 g/mol. The zero-order valence-electron chi connectivity index (χ0n) is 16.0. The standard InChI is InChI=1S/C19H24N4O3S/c1-9-14(18(25)26-4)10(2)20-15(9)16(24)11(3)27-19-22-21-17(12-5-6-12)23(19)13-7-8-13/h11-13,20H,5-8H2,1-4H3. The summed E-state index contributed by atoms with van der Waals surface area (Å²) in [5.74, 6) is 1.14. The number of esters is 1. The Morgan fingerprint density at radius 2 is 1.93 bits per heavy atom. The quantitative estimate of drug-likeness (QED) is 0.443. The van der Waals surface area contributed by atoms with Crippen molar-refractivity contribution in [1.29, 1.82) is 0 Å². The molecule has 4 rings (SSSR count). The van der Waals surface area contributed by atoms with E-state index in [9.17, 15) is 9.59 Å². The predicted molar refractivity (Wildman–Crippen MR) is 102 cm³/mol. The van der Waals surface area contributed by atoms with E-state index in [0.29, 0.717) is 34.5 Å². The van der Waals surface area contributed by atoms with E-state index in [-0.39, 0.29) is 11.0 Å². The fourth-order valence-electron chi connectivity index (χ4n) is 3.48. The largest absolute Gasteiger partial charge is 0.465 e. The lowest BCUT2D eigenvalue weighted by atomic mass is 10.1. The Hall–Kier alpha value is -2.09. The van der Waals surface area contributed by atoms with Crippen molar-refractivity contribution < 1.29 is 14.3 Å². The Kier molecular flexibility index (Phi) is 4.61. The first-order valence-corrected chi connectivity index (χ1v) is 10.2. The summed E-state index contributed by atoms with van der Waals surface area (Å²) >= 11 is 1.45. The molecular weight excluding hydrogens is 364 g/mol. The van der Waals surface area contributed by atoms with Crippen LogP contribution in [0.15, 0.2) is 5.16 Å². The number of Topliss-reactive ketones (excluding diaryl/α,β-unsaturated/α-hetero) is 1. The lowest BCUT2D eigenvalue weighted by molar-refractivity contribution is 0.0599. The second-order valence-corrected chi connectivity index (χ2v) is 8.77. The molecule has 1 unspecified atom stereocenters. The van der Waals surface area contributed by atoms with Gasteiger partial charge in [0.25, 0.3) is 0 Å². The number of H-pyrrole nitrogens is 1. The number of methoxy groups -OCH3 is 1. The Bertz CT molecular complexity index is 908. The number of aryl methyl sites for hydroxylation is 1. The summed E-state index contributed by atoms with van der Waals surface area (Å²) in [5.41, 5.74) is 2.19. The van der Waals surface area contributed by atoms with Gasteiger partial charge in [-0.05, 0) is 52.0 Å². The lowest BCUT2D eigenvalue weighted by Gasteiger charge is -2.12. The third-order valence-electron chi connectivity index (χ3n) is 5.27. The van der Waals surface area contributed by atoms with Crippen molar-refractivity contribution in [2.24, 2.45) is 0 Å². The van der Waals surface area contributed by atoms with E-state index in [1.165, 1.54) is 31.7 Å². The highest BCUT2D eigenvalue weighted by atomic mass is 32.2. The average Bonchev–Trinajstić information content (AvgIpc) is 3.57. The van der Waals surface area contributed by atoms with Crippen molar-refractivity contribution in [3.8, 4) is 0 Å². The molecule has 0 aliphatic heterocycles. The molecule has 144 valence electrons. The summed E-state index contributed by atoms with van der Waals surface area (Å²) < 4.78 is 7.08. The number of thioether (sulfide) groups is 1. The number of carbonyl (C=O) groups excluding carboxylic acids is 2. The molecule has 2 aromatic heterocycles. The molecule has 0 radical (unpaired) electrons. The Morgan fingerprint density at radius 3 is 2.52 bits per heavy atom. The van der Waals surface area contributed by atoms with Crippen molar-refractivity contribution in [3.63, 3.8) is 0 Å². The van der Waals surface area contributed by atoms with Crippen molar-refractivity contribution in [2.75, 3.05) is 7.11 Å². The predicted octanol–water partition coefficient (Wildman–Crippen LogP) is 3.59. The Labute approximate surface area is 162 Å². The molecule has 2 aromatic rings. The smallest absolute Gasteiger partial charge is 0.339 e. The lowest BCUT2D eigenvalue weighted by Crippen LogP contribution is -2.16. The van der Waals surface area contributed by atoms with Gasteiger partial charge in [0.15, 0.2) is 10.9 Å². The minimum Gasteiger partial charge on any atom is -0.465 e. The third-order valence-corrected chi connectivity index (χ3v) is 6.33. The van der Waals surface area contributed by atoms with Gasteiger partial charge in [-0.1, -0.05) is 11.8 Å². The number of rotatable bonds is 7. The molecule has 7 nitrogen and oxygen atoms in total. The molecule has 1 N–H and O–H groups in total. The molecule has 1 atom stereocenters. The van der Waals surface area contributed by atoms with E-state index in [1.807, 2.05) is 6.92 Å². The fraction of sp³-hybridized carbons (Fsp3) is 0.579. The topological polar surface area (TPSA) is 89.9 Å². The van der Waals surface area contributed by atoms with Crippen LogP contribution in [0, 0.1) is 13.8 Å². The van der Waals surface area contributed by atoms with Crippen LogP contribution in [0.3, 0.4) is 0 Å². The number of ether oxygens (including phenoxy) is 1. The van der Waals surface area contributed by atoms with Crippen LogP contribution in [-0.2, 0) is 4.74 Å². The first-order valence-electron chi connectivity index (χ1n) is 9.35. The van der Waals surface area contributed by atoms with Crippen molar-refractivity contribution in [2.45, 2.75) is 68.8 Å². The Morgan fingerprint density at radius 1 is 1.22 bits per heavy atom. The van der Waals surface area contributed by atoms with Crippen molar-refractivity contribution in [1.82, 2.24) is 19.7 Å². The van der Waals surface area contributed by atoms with Crippen LogP contribution in [0.4, 0.5) is 0 Å². The van der Waals surface area contributed by atoms with E-state index in [2.05, 4.69) is 19.7 Å². The van der Waals surface area contributed by atoms with Gasteiger partial charge in [0.05, 0.1) is 23.6 Å². The van der Waals surface area contributed by atoms with Gasteiger partial charge in [0, 0.05) is 17.7 Å². The minimum atomic E-state index is -0.428. The summed E-state index contributed by atoms with van der Waals surface area (Å²) in [5, 5.41) is 9.28. The third kappa shape index (κ3) is 3.31. The molecule has 8 heteroatoms. The molecule has 0 aromatic carbocycles. The Balaban J connectivity index is 1.57. The summed E-state index contributed by atoms with van der Waals surface area (Å²) in [6.07, 6.45) is 4.68. The van der Waals surface area contributed by atoms with Gasteiger partial charge < -0.3 is 14.3 Å². The van der Waals surface area contributed by atoms with E-state index in [1.54, 1.807) is 13.8 Å². The maximum absolute atomic E-state index is 13.0. The molecule has 0 bridgehead atoms. The van der Waals surface area contributed by atoms with Gasteiger partial charge in [-0.25, -0.2) is 4.79 Å². The number of hydrogen-bond acceptors (Lipinski definition) is 6. The summed E-state index contributed by atoms with van der Waals surface area (Å²) in [4.78, 5) is 28.1. The maximum Gasteiger partial charge on any atom is 0.339 e. The number of aromatic nitrogens is 4. The first-order chi connectivity index (χ1) is 12.9. The highest BCUT2D eigenvalue weighted by Gasteiger charge is 2.37. The average molecular weight is 388 g/mol. The zero-order chi connectivity index (χ0) is 19.3. The van der Waals surface area contributed by atoms with E-state index in [0.717, 1.165) is 23.8 Å². The zero-order valence-corrected chi connectivity index (χ0v) is 16.9. The molecule has 0 spiro atoms. The molecular formula is C19H24N4O3S. The minimum absolute atomic E-state index is 0.0472. The molecule has 0 saturated heterocycles. The van der Waals surface area contributed by atoms with Crippen LogP contribution < -0.4 is 0 Å². The molecule has 2 saturated carbocycles. The van der Waals surface area contributed by atoms with Crippen LogP contribution in [0.2, 0.25) is 0 Å². The molecule has 2 aliphatic rings. The van der Waals surface area contributed by atoms with Crippen LogP contribution in [0.5, 0.6) is 0 Å². The molecule has 0 amide bonds. The number of nitrogens with zero attached hydrogens (tertiary/aromatic N) is 3. The van der Waals surface area contributed by atoms with Gasteiger partial charge in [0.2, 0.25) is 0 Å². The van der Waals surface area contributed by atoms with Gasteiger partial charge in [-0.2, -0.15) is 0 Å². The van der Waals surface area contributed by atoms with Crippen LogP contribution in [0.1, 0.15) is 82.5 Å². The normalized spacial score (nSPS) is 17.8. The van der Waals surface area contributed by atoms with Gasteiger partial charge in [-0.3, -0.25) is 4.79 Å². The second-order valence-electron chi connectivity index (χ2n) is 7.46. The number of hydrogen-bond donors (Lipinski definition) is 1. The van der Waals surface area contributed by atoms with Crippen LogP contribution in [-0.4, -0.2) is 43.9 Å². The van der Waals surface area contributed by atoms with E-state index >= 15 is 0 Å². The number of aromatic amines is 1. The van der Waals surface area contributed by atoms with Gasteiger partial charge in [0.1, 0.15) is 5.82 Å². The van der Waals surface area contributed by atoms with Crippen LogP contribution in [0.25, 0.3) is 0 Å². The molecule has 2 fully saturated rings. The molecule has 2 aliphatic carbocycles. The van der Waals surface area contributed by atoms with Gasteiger partial charge in [-0.15, -0.1) is 10.2 Å². The van der Waals surface area contributed by atoms with E-state index in [4.69, 9.17) is 4.74 Å². The summed E-state index contributed by atoms with van der Waals surface area (Å²) in [6.45, 7) is 5.43. The number of nitrogens with one attached hydrogen (secondary N) is 1. The van der Waals surface area contributed by atoms with Crippen molar-refractivity contribution >= 4 is 23.5 Å². The maximum atomic E-state index is 13.0. The summed E-state index contributed by atoms with van der Waals surface area (Å²) in [6, 6.07) is 0.487. The molecule has 27 heavy (non-hydrogen) atoms. The first kappa shape index (κ1) is 18.3. The van der Waals surface area contributed by atoms with Gasteiger partial charge >= 0.3 is 5.97 Å². The second kappa shape index (κ2) is 6.82. The van der Waals surface area contributed by atoms with Crippen molar-refractivity contribution in [3.05, 3.63) is 28.3 Å². The highest BCUT2D eigenvalue weighted by Crippen LogP contribution is 2.46. The molecule has 2 heterocycles. The highest BCUT2D eigenvalue weighted by molar-refractivity contribution is 8.00. The fourth-order valence-corrected chi connectivity index (χ4v) is 4.47. The van der Waals surface area contributed by atoms with Crippen LogP contribution >= 0.6 is 11.8 Å². The summed E-state index contributed by atoms with van der Waals surface area (Å²) in [7, 11) is 1.34. The SMILES string of the molecule is COC(=O)c1c(C)[nH]c(C(=O)C(C)Sc2nnc(C3CC3)n2C2CC2)c1C. The number of carbonyl (C=O) groups is 2.